The van der Waals surface area contributed by atoms with Crippen molar-refractivity contribution in [2.45, 2.75) is 13.3 Å². The molecule has 4 heteroatoms. The maximum absolute atomic E-state index is 11.6. The largest absolute Gasteiger partial charge is 0.361 e. The first-order chi connectivity index (χ1) is 7.72. The molecule has 0 fully saturated rings. The minimum atomic E-state index is -0.174. The smallest absolute Gasteiger partial charge is 0.331 e. The highest BCUT2D eigenvalue weighted by Gasteiger charge is 2.15. The van der Waals surface area contributed by atoms with Gasteiger partial charge in [0, 0.05) is 30.4 Å². The Hall–Kier alpha value is -2.19. The predicted molar refractivity (Wildman–Crippen MR) is 61.3 cm³/mol. The van der Waals surface area contributed by atoms with Gasteiger partial charge in [-0.15, -0.1) is 0 Å². The summed E-state index contributed by atoms with van der Waals surface area (Å²) in [5.74, 6) is -0.174. The number of nitrogens with zero attached hydrogens (tertiary/aromatic N) is 2. The van der Waals surface area contributed by atoms with Crippen LogP contribution in [0.4, 0.5) is 0 Å². The third kappa shape index (κ3) is 1.78. The van der Waals surface area contributed by atoms with E-state index in [-0.39, 0.29) is 17.9 Å². The maximum atomic E-state index is 11.6. The van der Waals surface area contributed by atoms with Gasteiger partial charge in [-0.05, 0) is 11.6 Å². The van der Waals surface area contributed by atoms with Crippen molar-refractivity contribution in [1.29, 1.82) is 0 Å². The first-order valence-corrected chi connectivity index (χ1v) is 4.99. The number of ketones is 1. The number of aromatic nitrogens is 1. The topological polar surface area (TPSA) is 69.3 Å². The number of nitrogens with one attached hydrogen (secondary N) is 1. The molecule has 0 amide bonds. The summed E-state index contributed by atoms with van der Waals surface area (Å²) in [6, 6.07) is 7.78. The second-order valence-electron chi connectivity index (χ2n) is 3.64. The minimum absolute atomic E-state index is 0.130. The van der Waals surface area contributed by atoms with Crippen LogP contribution >= 0.6 is 0 Å². The van der Waals surface area contributed by atoms with Gasteiger partial charge in [0.1, 0.15) is 0 Å². The third-order valence-corrected chi connectivity index (χ3v) is 2.58. The van der Waals surface area contributed by atoms with Crippen LogP contribution < -0.4 is 0 Å². The average Bonchev–Trinajstić information content (AvgIpc) is 2.72. The van der Waals surface area contributed by atoms with Gasteiger partial charge in [0.15, 0.2) is 0 Å². The molecule has 0 unspecified atom stereocenters. The van der Waals surface area contributed by atoms with Gasteiger partial charge in [0.05, 0.1) is 0 Å². The van der Waals surface area contributed by atoms with Gasteiger partial charge < -0.3 is 10.5 Å². The Morgan fingerprint density at radius 3 is 2.94 bits per heavy atom. The number of hydrogen-bond donors (Lipinski definition) is 1. The van der Waals surface area contributed by atoms with Crippen molar-refractivity contribution in [3.8, 4) is 0 Å². The van der Waals surface area contributed by atoms with E-state index < -0.39 is 0 Å². The zero-order chi connectivity index (χ0) is 11.5. The van der Waals surface area contributed by atoms with Gasteiger partial charge in [-0.25, -0.2) is 0 Å². The van der Waals surface area contributed by atoms with Crippen LogP contribution in [0.5, 0.6) is 0 Å². The fourth-order valence-corrected chi connectivity index (χ4v) is 1.63. The maximum Gasteiger partial charge on any atom is 0.331 e. The van der Waals surface area contributed by atoms with Crippen molar-refractivity contribution in [3.63, 3.8) is 0 Å². The summed E-state index contributed by atoms with van der Waals surface area (Å²) in [6.07, 6.45) is 2.06. The normalized spacial score (nSPS) is 10.1. The average molecular weight is 213 g/mol. The van der Waals surface area contributed by atoms with Crippen molar-refractivity contribution < 1.29 is 9.58 Å². The fraction of sp³-hybridized carbons (Fsp3) is 0.167. The molecule has 4 nitrogen and oxygen atoms in total. The highest BCUT2D eigenvalue weighted by atomic mass is 16.1. The molecular formula is C12H11N3O. The molecule has 2 aromatic rings. The predicted octanol–water partition coefficient (Wildman–Crippen LogP) is 1.97. The number of H-pyrrole nitrogens is 1. The van der Waals surface area contributed by atoms with E-state index in [1.807, 2.05) is 30.5 Å². The van der Waals surface area contributed by atoms with Gasteiger partial charge in [-0.3, -0.25) is 4.79 Å². The van der Waals surface area contributed by atoms with Gasteiger partial charge >= 0.3 is 5.71 Å². The Morgan fingerprint density at radius 2 is 2.19 bits per heavy atom. The molecule has 0 aliphatic rings. The number of carbonyl (C=O) groups is 1. The lowest BCUT2D eigenvalue weighted by molar-refractivity contribution is -0.116. The first kappa shape index (κ1) is 10.3. The van der Waals surface area contributed by atoms with E-state index in [1.165, 1.54) is 6.92 Å². The zero-order valence-electron chi connectivity index (χ0n) is 8.90. The molecule has 0 radical (unpaired) electrons. The van der Waals surface area contributed by atoms with Gasteiger partial charge in [-0.1, -0.05) is 18.2 Å². The molecule has 0 saturated heterocycles. The standard InChI is InChI=1S/C12H11N3O/c1-8(15-13)12(16)6-9-7-14-11-5-3-2-4-10(9)11/h2-5,7,14H,6H2,1H3. The Kier molecular flexibility index (Phi) is 2.66. The molecule has 0 aliphatic heterocycles. The summed E-state index contributed by atoms with van der Waals surface area (Å²) in [5.41, 5.74) is 10.6. The summed E-state index contributed by atoms with van der Waals surface area (Å²) in [5, 5.41) is 1.03. The van der Waals surface area contributed by atoms with Crippen molar-refractivity contribution >= 4 is 22.4 Å². The van der Waals surface area contributed by atoms with Crippen LogP contribution in [0.15, 0.2) is 30.5 Å². The van der Waals surface area contributed by atoms with Gasteiger partial charge in [-0.2, -0.15) is 4.79 Å². The quantitative estimate of drug-likeness (QED) is 0.472. The summed E-state index contributed by atoms with van der Waals surface area (Å²) in [7, 11) is 0. The lowest BCUT2D eigenvalue weighted by Crippen LogP contribution is -2.13. The number of carbonyl (C=O) groups excluding carboxylic acids is 1. The molecule has 0 aliphatic carbocycles. The van der Waals surface area contributed by atoms with Crippen molar-refractivity contribution in [1.82, 2.24) is 4.98 Å². The number of aromatic amines is 1. The van der Waals surface area contributed by atoms with Crippen LogP contribution in [0.1, 0.15) is 12.5 Å². The molecular weight excluding hydrogens is 202 g/mol. The number of para-hydroxylation sites is 1. The Morgan fingerprint density at radius 1 is 1.44 bits per heavy atom. The molecule has 0 spiro atoms. The third-order valence-electron chi connectivity index (χ3n) is 2.58. The summed E-state index contributed by atoms with van der Waals surface area (Å²) < 4.78 is 0. The SMILES string of the molecule is CC(=[N+]=[N-])C(=O)Cc1c[nH]c2ccccc12. The molecule has 1 heterocycles. The molecule has 0 saturated carbocycles. The molecule has 0 atom stereocenters. The molecule has 16 heavy (non-hydrogen) atoms. The summed E-state index contributed by atoms with van der Waals surface area (Å²) in [4.78, 5) is 17.6. The molecule has 1 aromatic carbocycles. The number of Topliss-reactive ketones (excluding diaryl/α,β-unsaturated/α-hetero) is 1. The molecule has 1 N–H and O–H groups in total. The minimum Gasteiger partial charge on any atom is -0.361 e. The second-order valence-corrected chi connectivity index (χ2v) is 3.64. The number of fused-ring (bicyclic) bond motifs is 1. The van der Waals surface area contributed by atoms with Crippen LogP contribution in [0.2, 0.25) is 0 Å². The number of hydrogen-bond acceptors (Lipinski definition) is 1. The van der Waals surface area contributed by atoms with E-state index in [0.29, 0.717) is 0 Å². The van der Waals surface area contributed by atoms with Crippen LogP contribution in [-0.2, 0) is 11.2 Å². The number of rotatable bonds is 3. The van der Waals surface area contributed by atoms with E-state index in [2.05, 4.69) is 9.77 Å². The molecule has 2 rings (SSSR count). The van der Waals surface area contributed by atoms with Crippen LogP contribution in [0, 0.1) is 0 Å². The van der Waals surface area contributed by atoms with E-state index in [1.54, 1.807) is 0 Å². The molecule has 1 aromatic heterocycles. The van der Waals surface area contributed by atoms with Crippen LogP contribution in [-0.4, -0.2) is 21.3 Å². The summed E-state index contributed by atoms with van der Waals surface area (Å²) >= 11 is 0. The zero-order valence-corrected chi connectivity index (χ0v) is 8.90. The molecule has 0 bridgehead atoms. The Balaban J connectivity index is 2.35. The van der Waals surface area contributed by atoms with Gasteiger partial charge in [0.2, 0.25) is 5.78 Å². The van der Waals surface area contributed by atoms with Crippen LogP contribution in [0.3, 0.4) is 0 Å². The Labute approximate surface area is 92.5 Å². The highest BCUT2D eigenvalue weighted by molar-refractivity contribution is 6.37. The van der Waals surface area contributed by atoms with E-state index in [4.69, 9.17) is 5.53 Å². The van der Waals surface area contributed by atoms with E-state index >= 15 is 0 Å². The highest BCUT2D eigenvalue weighted by Crippen LogP contribution is 2.18. The lowest BCUT2D eigenvalue weighted by atomic mass is 10.1. The summed E-state index contributed by atoms with van der Waals surface area (Å²) in [6.45, 7) is 1.50. The van der Waals surface area contributed by atoms with Crippen molar-refractivity contribution in [3.05, 3.63) is 41.6 Å². The van der Waals surface area contributed by atoms with Crippen LogP contribution in [0.25, 0.3) is 16.4 Å². The van der Waals surface area contributed by atoms with Crippen molar-refractivity contribution in [2.75, 3.05) is 0 Å². The lowest BCUT2D eigenvalue weighted by Gasteiger charge is -1.94. The first-order valence-electron chi connectivity index (χ1n) is 4.99. The monoisotopic (exact) mass is 213 g/mol. The Bertz CT molecular complexity index is 591. The van der Waals surface area contributed by atoms with Gasteiger partial charge in [0.25, 0.3) is 0 Å². The van der Waals surface area contributed by atoms with Crippen molar-refractivity contribution in [2.24, 2.45) is 0 Å². The fourth-order valence-electron chi connectivity index (χ4n) is 1.63. The second kappa shape index (κ2) is 4.13. The molecule has 80 valence electrons. The van der Waals surface area contributed by atoms with E-state index in [9.17, 15) is 4.79 Å². The van der Waals surface area contributed by atoms with E-state index in [0.717, 1.165) is 16.5 Å². The number of benzene rings is 1.